The Hall–Kier alpha value is -2.74. The summed E-state index contributed by atoms with van der Waals surface area (Å²) < 4.78 is 0. The maximum Gasteiger partial charge on any atom is 0.352 e. The number of fused-ring (bicyclic) bond motifs is 1. The Bertz CT molecular complexity index is 704. The summed E-state index contributed by atoms with van der Waals surface area (Å²) in [5, 5.41) is 12.3. The number of nitrogens with one attached hydrogen (secondary N) is 2. The molecular weight excluding hydrogens is 244 g/mol. The van der Waals surface area contributed by atoms with Crippen molar-refractivity contribution in [3.8, 4) is 11.8 Å². The number of hydrogen-bond donors (Lipinski definition) is 3. The van der Waals surface area contributed by atoms with Crippen LogP contribution >= 0.6 is 0 Å². The van der Waals surface area contributed by atoms with Gasteiger partial charge in [-0.05, 0) is 24.3 Å². The lowest BCUT2D eigenvalue weighted by Gasteiger charge is -1.93. The third kappa shape index (κ3) is 3.13. The van der Waals surface area contributed by atoms with Gasteiger partial charge in [-0.15, -0.1) is 0 Å². The van der Waals surface area contributed by atoms with E-state index in [0.29, 0.717) is 6.54 Å². The third-order valence-electron chi connectivity index (χ3n) is 2.51. The number of aromatic carboxylic acids is 1. The normalized spacial score (nSPS) is 9.74. The van der Waals surface area contributed by atoms with Crippen LogP contribution in [-0.4, -0.2) is 28.5 Å². The number of benzene rings is 1. The van der Waals surface area contributed by atoms with Crippen molar-refractivity contribution in [2.75, 3.05) is 6.54 Å². The molecular formula is C14H12N2O3. The molecule has 0 aliphatic carbocycles. The van der Waals surface area contributed by atoms with Crippen molar-refractivity contribution in [3.63, 3.8) is 0 Å². The number of carboxylic acid groups (broad SMARTS) is 1. The summed E-state index contributed by atoms with van der Waals surface area (Å²) in [5.74, 6) is 4.61. The van der Waals surface area contributed by atoms with E-state index in [0.717, 1.165) is 16.5 Å². The van der Waals surface area contributed by atoms with Crippen LogP contribution in [0.3, 0.4) is 0 Å². The maximum atomic E-state index is 10.8. The number of aromatic amines is 1. The summed E-state index contributed by atoms with van der Waals surface area (Å²) in [7, 11) is 0. The van der Waals surface area contributed by atoms with Gasteiger partial charge < -0.3 is 15.4 Å². The molecule has 2 rings (SSSR count). The van der Waals surface area contributed by atoms with Crippen molar-refractivity contribution in [1.29, 1.82) is 0 Å². The van der Waals surface area contributed by atoms with Crippen LogP contribution in [0, 0.1) is 11.8 Å². The molecule has 0 spiro atoms. The van der Waals surface area contributed by atoms with E-state index in [1.165, 1.54) is 6.92 Å². The minimum atomic E-state index is -0.991. The Morgan fingerprint density at radius 2 is 2.16 bits per heavy atom. The highest BCUT2D eigenvalue weighted by atomic mass is 16.4. The van der Waals surface area contributed by atoms with Crippen molar-refractivity contribution in [3.05, 3.63) is 35.5 Å². The highest BCUT2D eigenvalue weighted by molar-refractivity contribution is 5.94. The molecule has 96 valence electrons. The highest BCUT2D eigenvalue weighted by Crippen LogP contribution is 2.16. The maximum absolute atomic E-state index is 10.8. The van der Waals surface area contributed by atoms with E-state index in [1.54, 1.807) is 24.3 Å². The number of amides is 1. The van der Waals surface area contributed by atoms with Crippen molar-refractivity contribution in [2.24, 2.45) is 0 Å². The van der Waals surface area contributed by atoms with E-state index >= 15 is 0 Å². The first-order valence-corrected chi connectivity index (χ1v) is 5.65. The number of carboxylic acids is 1. The summed E-state index contributed by atoms with van der Waals surface area (Å²) in [6.45, 7) is 1.72. The second-order valence-electron chi connectivity index (χ2n) is 4.00. The van der Waals surface area contributed by atoms with Crippen LogP contribution in [0.25, 0.3) is 10.9 Å². The summed E-state index contributed by atoms with van der Waals surface area (Å²) >= 11 is 0. The van der Waals surface area contributed by atoms with Crippen molar-refractivity contribution in [1.82, 2.24) is 10.3 Å². The molecule has 5 nitrogen and oxygen atoms in total. The number of carbonyl (C=O) groups excluding carboxylic acids is 1. The van der Waals surface area contributed by atoms with E-state index in [9.17, 15) is 9.59 Å². The zero-order valence-electron chi connectivity index (χ0n) is 10.3. The molecule has 19 heavy (non-hydrogen) atoms. The Balaban J connectivity index is 2.21. The third-order valence-corrected chi connectivity index (χ3v) is 2.51. The zero-order chi connectivity index (χ0) is 13.8. The molecule has 1 aromatic carbocycles. The topological polar surface area (TPSA) is 82.2 Å². The van der Waals surface area contributed by atoms with Gasteiger partial charge in [-0.25, -0.2) is 4.79 Å². The molecule has 3 N–H and O–H groups in total. The smallest absolute Gasteiger partial charge is 0.352 e. The van der Waals surface area contributed by atoms with Gasteiger partial charge in [-0.3, -0.25) is 4.79 Å². The SMILES string of the molecule is CC(=O)NCC#Cc1ccc2[nH]c(C(=O)O)cc2c1. The zero-order valence-corrected chi connectivity index (χ0v) is 10.3. The summed E-state index contributed by atoms with van der Waals surface area (Å²) in [5.41, 5.74) is 1.68. The lowest BCUT2D eigenvalue weighted by Crippen LogP contribution is -2.19. The first-order chi connectivity index (χ1) is 9.06. The number of hydrogen-bond acceptors (Lipinski definition) is 2. The lowest BCUT2D eigenvalue weighted by molar-refractivity contribution is -0.118. The van der Waals surface area contributed by atoms with Crippen LogP contribution in [0.5, 0.6) is 0 Å². The lowest BCUT2D eigenvalue weighted by atomic mass is 10.1. The molecule has 0 radical (unpaired) electrons. The van der Waals surface area contributed by atoms with Crippen molar-refractivity contribution < 1.29 is 14.7 Å². The minimum absolute atomic E-state index is 0.124. The summed E-state index contributed by atoms with van der Waals surface area (Å²) in [6, 6.07) is 6.95. The molecule has 0 aliphatic heterocycles. The first kappa shape index (κ1) is 12.7. The van der Waals surface area contributed by atoms with Gasteiger partial charge in [-0.1, -0.05) is 11.8 Å². The van der Waals surface area contributed by atoms with Gasteiger partial charge in [0.1, 0.15) is 5.69 Å². The Morgan fingerprint density at radius 1 is 1.37 bits per heavy atom. The standard InChI is InChI=1S/C14H12N2O3/c1-9(17)15-6-2-3-10-4-5-12-11(7-10)8-13(16-12)14(18)19/h4-5,7-8,16H,6H2,1H3,(H,15,17)(H,18,19). The van der Waals surface area contributed by atoms with Crippen LogP contribution in [0.15, 0.2) is 24.3 Å². The fourth-order valence-electron chi connectivity index (χ4n) is 1.64. The molecule has 0 fully saturated rings. The number of carbonyl (C=O) groups is 2. The predicted octanol–water partition coefficient (Wildman–Crippen LogP) is 1.35. The average molecular weight is 256 g/mol. The molecule has 1 heterocycles. The van der Waals surface area contributed by atoms with E-state index in [2.05, 4.69) is 22.1 Å². The van der Waals surface area contributed by atoms with E-state index in [-0.39, 0.29) is 11.6 Å². The average Bonchev–Trinajstić information content (AvgIpc) is 2.77. The van der Waals surface area contributed by atoms with Crippen LogP contribution in [0.2, 0.25) is 0 Å². The van der Waals surface area contributed by atoms with Gasteiger partial charge in [0.15, 0.2) is 0 Å². The van der Waals surface area contributed by atoms with E-state index in [4.69, 9.17) is 5.11 Å². The molecule has 0 aliphatic rings. The van der Waals surface area contributed by atoms with Gasteiger partial charge in [0.2, 0.25) is 5.91 Å². The largest absolute Gasteiger partial charge is 0.477 e. The molecule has 0 atom stereocenters. The van der Waals surface area contributed by atoms with Crippen LogP contribution in [0.4, 0.5) is 0 Å². The number of rotatable bonds is 2. The van der Waals surface area contributed by atoms with Gasteiger partial charge in [0, 0.05) is 23.4 Å². The molecule has 0 bridgehead atoms. The second-order valence-corrected chi connectivity index (χ2v) is 4.00. The fourth-order valence-corrected chi connectivity index (χ4v) is 1.64. The second kappa shape index (κ2) is 5.27. The van der Waals surface area contributed by atoms with Crippen LogP contribution < -0.4 is 5.32 Å². The van der Waals surface area contributed by atoms with Crippen LogP contribution in [0.1, 0.15) is 23.0 Å². The molecule has 1 aromatic heterocycles. The van der Waals surface area contributed by atoms with Gasteiger partial charge in [0.25, 0.3) is 0 Å². The molecule has 1 amide bonds. The van der Waals surface area contributed by atoms with Crippen LogP contribution in [-0.2, 0) is 4.79 Å². The van der Waals surface area contributed by atoms with E-state index in [1.807, 2.05) is 0 Å². The first-order valence-electron chi connectivity index (χ1n) is 5.65. The monoisotopic (exact) mass is 256 g/mol. The minimum Gasteiger partial charge on any atom is -0.477 e. The Morgan fingerprint density at radius 3 is 2.84 bits per heavy atom. The molecule has 0 saturated carbocycles. The van der Waals surface area contributed by atoms with Gasteiger partial charge in [-0.2, -0.15) is 0 Å². The molecule has 0 unspecified atom stereocenters. The quantitative estimate of drug-likeness (QED) is 0.709. The van der Waals surface area contributed by atoms with Crippen molar-refractivity contribution >= 4 is 22.8 Å². The highest BCUT2D eigenvalue weighted by Gasteiger charge is 2.06. The Labute approximate surface area is 109 Å². The van der Waals surface area contributed by atoms with Gasteiger partial charge >= 0.3 is 5.97 Å². The Kier molecular flexibility index (Phi) is 3.53. The van der Waals surface area contributed by atoms with E-state index < -0.39 is 5.97 Å². The molecule has 5 heteroatoms. The molecule has 2 aromatic rings. The molecule has 0 saturated heterocycles. The summed E-state index contributed by atoms with van der Waals surface area (Å²) in [6.07, 6.45) is 0. The number of aromatic nitrogens is 1. The fraction of sp³-hybridized carbons (Fsp3) is 0.143. The predicted molar refractivity (Wildman–Crippen MR) is 70.8 cm³/mol. The van der Waals surface area contributed by atoms with Gasteiger partial charge in [0.05, 0.1) is 6.54 Å². The number of H-pyrrole nitrogens is 1. The van der Waals surface area contributed by atoms with Crippen molar-refractivity contribution in [2.45, 2.75) is 6.92 Å². The summed E-state index contributed by atoms with van der Waals surface area (Å²) in [4.78, 5) is 24.3.